The standard InChI is InChI=1S/C13H19NO4S2/c1-2-11-6-4-3-5-7-14(11)20(17,18)12-8-10(9-19-12)13(15)16/h8-9,11H,2-7H2,1H3,(H,15,16). The van der Waals surface area contributed by atoms with Crippen molar-refractivity contribution in [3.63, 3.8) is 0 Å². The summed E-state index contributed by atoms with van der Waals surface area (Å²) in [7, 11) is -3.57. The molecule has 1 aliphatic rings. The van der Waals surface area contributed by atoms with Crippen molar-refractivity contribution < 1.29 is 18.3 Å². The first-order chi connectivity index (χ1) is 9.46. The highest BCUT2D eigenvalue weighted by Crippen LogP contribution is 2.29. The molecule has 2 rings (SSSR count). The third-order valence-electron chi connectivity index (χ3n) is 3.68. The number of nitrogens with zero attached hydrogens (tertiary/aromatic N) is 1. The van der Waals surface area contributed by atoms with E-state index in [0.717, 1.165) is 43.4 Å². The lowest BCUT2D eigenvalue weighted by atomic mass is 10.1. The quantitative estimate of drug-likeness (QED) is 0.926. The van der Waals surface area contributed by atoms with Crippen LogP contribution in [0.15, 0.2) is 15.7 Å². The Balaban J connectivity index is 2.33. The molecule has 0 spiro atoms. The third-order valence-corrected chi connectivity index (χ3v) is 7.05. The van der Waals surface area contributed by atoms with Gasteiger partial charge < -0.3 is 5.11 Å². The van der Waals surface area contributed by atoms with E-state index >= 15 is 0 Å². The van der Waals surface area contributed by atoms with Crippen molar-refractivity contribution in [1.29, 1.82) is 0 Å². The minimum atomic E-state index is -3.57. The Morgan fingerprint density at radius 3 is 2.80 bits per heavy atom. The molecule has 112 valence electrons. The zero-order valence-electron chi connectivity index (χ0n) is 11.4. The molecule has 5 nitrogen and oxygen atoms in total. The van der Waals surface area contributed by atoms with Crippen molar-refractivity contribution in [2.24, 2.45) is 0 Å². The van der Waals surface area contributed by atoms with Gasteiger partial charge in [0.1, 0.15) is 4.21 Å². The Morgan fingerprint density at radius 1 is 1.45 bits per heavy atom. The molecular formula is C13H19NO4S2. The van der Waals surface area contributed by atoms with Gasteiger partial charge >= 0.3 is 5.97 Å². The summed E-state index contributed by atoms with van der Waals surface area (Å²) in [5.74, 6) is -1.09. The van der Waals surface area contributed by atoms with Crippen LogP contribution >= 0.6 is 11.3 Å². The fraction of sp³-hybridized carbons (Fsp3) is 0.615. The Labute approximate surface area is 123 Å². The predicted octanol–water partition coefficient (Wildman–Crippen LogP) is 2.79. The van der Waals surface area contributed by atoms with Crippen LogP contribution < -0.4 is 0 Å². The molecule has 1 N–H and O–H groups in total. The smallest absolute Gasteiger partial charge is 0.336 e. The van der Waals surface area contributed by atoms with E-state index in [4.69, 9.17) is 5.11 Å². The zero-order chi connectivity index (χ0) is 14.8. The summed E-state index contributed by atoms with van der Waals surface area (Å²) in [6.45, 7) is 2.52. The molecule has 0 aliphatic carbocycles. The van der Waals surface area contributed by atoms with E-state index < -0.39 is 16.0 Å². The van der Waals surface area contributed by atoms with Gasteiger partial charge in [0.25, 0.3) is 10.0 Å². The number of thiophene rings is 1. The lowest BCUT2D eigenvalue weighted by Crippen LogP contribution is -2.39. The molecule has 0 aromatic carbocycles. The number of sulfonamides is 1. The van der Waals surface area contributed by atoms with Gasteiger partial charge in [-0.2, -0.15) is 4.31 Å². The third kappa shape index (κ3) is 3.05. The Hall–Kier alpha value is -0.920. The molecule has 1 aliphatic heterocycles. The first-order valence-electron chi connectivity index (χ1n) is 6.80. The largest absolute Gasteiger partial charge is 0.478 e. The maximum absolute atomic E-state index is 12.7. The summed E-state index contributed by atoms with van der Waals surface area (Å²) in [6.07, 6.45) is 4.64. The van der Waals surface area contributed by atoms with E-state index in [1.807, 2.05) is 6.92 Å². The number of carboxylic acid groups (broad SMARTS) is 1. The number of hydrogen-bond acceptors (Lipinski definition) is 4. The average Bonchev–Trinajstić information content (AvgIpc) is 2.78. The molecule has 0 bridgehead atoms. The van der Waals surface area contributed by atoms with E-state index in [1.54, 1.807) is 4.31 Å². The fourth-order valence-corrected chi connectivity index (χ4v) is 5.60. The molecule has 1 aromatic heterocycles. The SMILES string of the molecule is CCC1CCCCCN1S(=O)(=O)c1cc(C(=O)O)cs1. The molecule has 0 radical (unpaired) electrons. The highest BCUT2D eigenvalue weighted by Gasteiger charge is 2.32. The van der Waals surface area contributed by atoms with E-state index in [0.29, 0.717) is 6.54 Å². The summed E-state index contributed by atoms with van der Waals surface area (Å²) >= 11 is 0.987. The van der Waals surface area contributed by atoms with Crippen LogP contribution in [0.4, 0.5) is 0 Å². The van der Waals surface area contributed by atoms with Crippen molar-refractivity contribution in [1.82, 2.24) is 4.31 Å². The van der Waals surface area contributed by atoms with Crippen LogP contribution in [-0.2, 0) is 10.0 Å². The van der Waals surface area contributed by atoms with Gasteiger partial charge in [0.2, 0.25) is 0 Å². The van der Waals surface area contributed by atoms with Gasteiger partial charge in [0.15, 0.2) is 0 Å². The molecule has 1 fully saturated rings. The summed E-state index contributed by atoms with van der Waals surface area (Å²) in [5.41, 5.74) is 0.0384. The van der Waals surface area contributed by atoms with Crippen molar-refractivity contribution in [3.05, 3.63) is 17.0 Å². The fourth-order valence-electron chi connectivity index (χ4n) is 2.55. The van der Waals surface area contributed by atoms with Crippen LogP contribution in [0.25, 0.3) is 0 Å². The van der Waals surface area contributed by atoms with Gasteiger partial charge in [0.05, 0.1) is 5.56 Å². The number of rotatable bonds is 4. The van der Waals surface area contributed by atoms with E-state index in [2.05, 4.69) is 0 Å². The highest BCUT2D eigenvalue weighted by atomic mass is 32.2. The van der Waals surface area contributed by atoms with Crippen LogP contribution in [-0.4, -0.2) is 36.4 Å². The van der Waals surface area contributed by atoms with Crippen molar-refractivity contribution in [2.75, 3.05) is 6.54 Å². The normalized spacial score (nSPS) is 21.6. The molecule has 1 atom stereocenters. The second kappa shape index (κ2) is 6.24. The summed E-state index contributed by atoms with van der Waals surface area (Å²) < 4.78 is 27.1. The Morgan fingerprint density at radius 2 is 2.20 bits per heavy atom. The molecule has 1 saturated heterocycles. The minimum absolute atomic E-state index is 0.0258. The molecule has 1 aromatic rings. The van der Waals surface area contributed by atoms with Gasteiger partial charge in [-0.25, -0.2) is 13.2 Å². The number of carbonyl (C=O) groups is 1. The van der Waals surface area contributed by atoms with Gasteiger partial charge in [-0.3, -0.25) is 0 Å². The topological polar surface area (TPSA) is 74.7 Å². The Kier molecular flexibility index (Phi) is 4.82. The van der Waals surface area contributed by atoms with Crippen molar-refractivity contribution >= 4 is 27.3 Å². The highest BCUT2D eigenvalue weighted by molar-refractivity contribution is 7.91. The lowest BCUT2D eigenvalue weighted by molar-refractivity contribution is 0.0697. The number of aromatic carboxylic acids is 1. The second-order valence-corrected chi connectivity index (χ2v) is 8.02. The average molecular weight is 317 g/mol. The van der Waals surface area contributed by atoms with Crippen LogP contribution in [0.5, 0.6) is 0 Å². The molecule has 7 heteroatoms. The summed E-state index contributed by atoms with van der Waals surface area (Å²) in [4.78, 5) is 10.9. The summed E-state index contributed by atoms with van der Waals surface area (Å²) in [6, 6.07) is 1.29. The van der Waals surface area contributed by atoms with Gasteiger partial charge in [0, 0.05) is 18.0 Å². The molecule has 0 amide bonds. The minimum Gasteiger partial charge on any atom is -0.478 e. The predicted molar refractivity (Wildman–Crippen MR) is 77.7 cm³/mol. The molecule has 2 heterocycles. The number of carboxylic acids is 1. The van der Waals surface area contributed by atoms with E-state index in [9.17, 15) is 13.2 Å². The van der Waals surface area contributed by atoms with E-state index in [-0.39, 0.29) is 15.8 Å². The van der Waals surface area contributed by atoms with Crippen LogP contribution in [0.1, 0.15) is 49.4 Å². The molecule has 1 unspecified atom stereocenters. The molecule has 20 heavy (non-hydrogen) atoms. The van der Waals surface area contributed by atoms with Crippen LogP contribution in [0.2, 0.25) is 0 Å². The van der Waals surface area contributed by atoms with Crippen LogP contribution in [0.3, 0.4) is 0 Å². The molecule has 0 saturated carbocycles. The van der Waals surface area contributed by atoms with E-state index in [1.165, 1.54) is 11.4 Å². The second-order valence-electron chi connectivity index (χ2n) is 4.99. The first-order valence-corrected chi connectivity index (χ1v) is 9.12. The van der Waals surface area contributed by atoms with Gasteiger partial charge in [-0.15, -0.1) is 11.3 Å². The summed E-state index contributed by atoms with van der Waals surface area (Å²) in [5, 5.41) is 10.3. The van der Waals surface area contributed by atoms with Gasteiger partial charge in [-0.1, -0.05) is 19.8 Å². The van der Waals surface area contributed by atoms with Crippen molar-refractivity contribution in [3.8, 4) is 0 Å². The molecular weight excluding hydrogens is 298 g/mol. The first kappa shape index (κ1) is 15.5. The Bertz CT molecular complexity index is 579. The lowest BCUT2D eigenvalue weighted by Gasteiger charge is -2.27. The monoisotopic (exact) mass is 317 g/mol. The van der Waals surface area contributed by atoms with Crippen molar-refractivity contribution in [2.45, 2.75) is 49.3 Å². The number of hydrogen-bond donors (Lipinski definition) is 1. The van der Waals surface area contributed by atoms with Gasteiger partial charge in [-0.05, 0) is 25.3 Å². The zero-order valence-corrected chi connectivity index (χ0v) is 13.0. The van der Waals surface area contributed by atoms with Crippen LogP contribution in [0, 0.1) is 0 Å². The maximum atomic E-state index is 12.7. The maximum Gasteiger partial charge on any atom is 0.336 e.